The first-order valence-electron chi connectivity index (χ1n) is 7.18. The maximum absolute atomic E-state index is 13.6. The quantitative estimate of drug-likeness (QED) is 0.871. The van der Waals surface area contributed by atoms with Crippen LogP contribution in [-0.4, -0.2) is 36.1 Å². The maximum atomic E-state index is 13.6. The summed E-state index contributed by atoms with van der Waals surface area (Å²) in [5.74, 6) is -2.55. The van der Waals surface area contributed by atoms with Crippen molar-refractivity contribution in [3.8, 4) is 6.01 Å². The van der Waals surface area contributed by atoms with Crippen LogP contribution in [0.25, 0.3) is 0 Å². The first kappa shape index (κ1) is 15.5. The molecule has 23 heavy (non-hydrogen) atoms. The van der Waals surface area contributed by atoms with E-state index in [2.05, 4.69) is 20.2 Å². The van der Waals surface area contributed by atoms with Gasteiger partial charge in [-0.2, -0.15) is 4.98 Å². The van der Waals surface area contributed by atoms with Crippen LogP contribution in [0.2, 0.25) is 0 Å². The molecule has 0 atom stereocenters. The standard InChI is InChI=1S/C15H15F3N4O/c16-11-7-10(14(18)12(17)8-11)9-23-15-20-2-1-13(21-15)22-5-3-19-4-6-22/h1-2,7-8,19H,3-6,9H2. The summed E-state index contributed by atoms with van der Waals surface area (Å²) < 4.78 is 45.1. The number of ether oxygens (including phenoxy) is 1. The van der Waals surface area contributed by atoms with Crippen molar-refractivity contribution < 1.29 is 17.9 Å². The Hall–Kier alpha value is -2.35. The highest BCUT2D eigenvalue weighted by atomic mass is 19.2. The molecule has 1 aromatic carbocycles. The van der Waals surface area contributed by atoms with Gasteiger partial charge in [-0.25, -0.2) is 18.2 Å². The molecule has 1 saturated heterocycles. The van der Waals surface area contributed by atoms with E-state index in [1.54, 1.807) is 6.07 Å². The molecule has 0 amide bonds. The number of hydrogen-bond acceptors (Lipinski definition) is 5. The van der Waals surface area contributed by atoms with E-state index in [9.17, 15) is 13.2 Å². The van der Waals surface area contributed by atoms with Crippen LogP contribution in [0.15, 0.2) is 24.4 Å². The normalized spacial score (nSPS) is 14.8. The first-order valence-corrected chi connectivity index (χ1v) is 7.18. The lowest BCUT2D eigenvalue weighted by Crippen LogP contribution is -2.43. The second-order valence-electron chi connectivity index (χ2n) is 5.08. The summed E-state index contributed by atoms with van der Waals surface area (Å²) in [5.41, 5.74) is -0.223. The van der Waals surface area contributed by atoms with Gasteiger partial charge in [0.15, 0.2) is 11.6 Å². The highest BCUT2D eigenvalue weighted by Crippen LogP contribution is 2.18. The molecule has 3 rings (SSSR count). The zero-order chi connectivity index (χ0) is 16.2. The van der Waals surface area contributed by atoms with Gasteiger partial charge < -0.3 is 15.0 Å². The van der Waals surface area contributed by atoms with Gasteiger partial charge in [0, 0.05) is 44.0 Å². The van der Waals surface area contributed by atoms with Crippen LogP contribution in [0.1, 0.15) is 5.56 Å². The van der Waals surface area contributed by atoms with Crippen LogP contribution < -0.4 is 15.0 Å². The number of nitrogens with zero attached hydrogens (tertiary/aromatic N) is 3. The molecule has 0 unspecified atom stereocenters. The summed E-state index contributed by atoms with van der Waals surface area (Å²) in [6.45, 7) is 2.97. The SMILES string of the molecule is Fc1cc(F)c(F)c(COc2nccc(N3CCNCC3)n2)c1. The molecular formula is C15H15F3N4O. The zero-order valence-corrected chi connectivity index (χ0v) is 12.2. The van der Waals surface area contributed by atoms with Crippen LogP contribution >= 0.6 is 0 Å². The van der Waals surface area contributed by atoms with E-state index in [0.717, 1.165) is 32.2 Å². The van der Waals surface area contributed by atoms with E-state index in [4.69, 9.17) is 4.74 Å². The van der Waals surface area contributed by atoms with Crippen molar-refractivity contribution in [2.75, 3.05) is 31.1 Å². The van der Waals surface area contributed by atoms with Crippen molar-refractivity contribution in [1.29, 1.82) is 0 Å². The van der Waals surface area contributed by atoms with Crippen LogP contribution in [0.3, 0.4) is 0 Å². The van der Waals surface area contributed by atoms with Crippen molar-refractivity contribution in [3.05, 3.63) is 47.4 Å². The number of benzene rings is 1. The molecule has 0 bridgehead atoms. The molecule has 0 spiro atoms. The fourth-order valence-corrected chi connectivity index (χ4v) is 2.33. The van der Waals surface area contributed by atoms with Crippen molar-refractivity contribution in [2.24, 2.45) is 0 Å². The smallest absolute Gasteiger partial charge is 0.318 e. The van der Waals surface area contributed by atoms with Crippen LogP contribution in [0.4, 0.5) is 19.0 Å². The molecular weight excluding hydrogens is 309 g/mol. The van der Waals surface area contributed by atoms with Gasteiger partial charge in [0.05, 0.1) is 0 Å². The van der Waals surface area contributed by atoms with Gasteiger partial charge in [-0.3, -0.25) is 0 Å². The molecule has 2 heterocycles. The number of rotatable bonds is 4. The summed E-state index contributed by atoms with van der Waals surface area (Å²) in [6.07, 6.45) is 1.53. The molecule has 0 radical (unpaired) electrons. The molecule has 8 heteroatoms. The van der Waals surface area contributed by atoms with E-state index in [1.165, 1.54) is 6.20 Å². The van der Waals surface area contributed by atoms with Crippen molar-refractivity contribution in [1.82, 2.24) is 15.3 Å². The summed E-state index contributed by atoms with van der Waals surface area (Å²) >= 11 is 0. The predicted molar refractivity (Wildman–Crippen MR) is 77.8 cm³/mol. The first-order chi connectivity index (χ1) is 11.1. The van der Waals surface area contributed by atoms with Crippen LogP contribution in [0.5, 0.6) is 6.01 Å². The van der Waals surface area contributed by atoms with Gasteiger partial charge >= 0.3 is 6.01 Å². The lowest BCUT2D eigenvalue weighted by molar-refractivity contribution is 0.272. The summed E-state index contributed by atoms with van der Waals surface area (Å²) in [6, 6.07) is 3.16. The number of aromatic nitrogens is 2. The number of halogens is 3. The predicted octanol–water partition coefficient (Wildman–Crippen LogP) is 1.88. The van der Waals surface area contributed by atoms with E-state index in [0.29, 0.717) is 11.9 Å². The number of anilines is 1. The van der Waals surface area contributed by atoms with Crippen molar-refractivity contribution in [2.45, 2.75) is 6.61 Å². The summed E-state index contributed by atoms with van der Waals surface area (Å²) in [7, 11) is 0. The Morgan fingerprint density at radius 1 is 1.17 bits per heavy atom. The second kappa shape index (κ2) is 6.82. The largest absolute Gasteiger partial charge is 0.458 e. The maximum Gasteiger partial charge on any atom is 0.318 e. The molecule has 0 saturated carbocycles. The van der Waals surface area contributed by atoms with Gasteiger partial charge in [-0.15, -0.1) is 0 Å². The molecule has 1 aliphatic rings. The Kier molecular flexibility index (Phi) is 4.61. The van der Waals surface area contributed by atoms with Gasteiger partial charge in [0.2, 0.25) is 0 Å². The van der Waals surface area contributed by atoms with Gasteiger partial charge in [0.1, 0.15) is 18.2 Å². The Morgan fingerprint density at radius 2 is 1.96 bits per heavy atom. The number of hydrogen-bond donors (Lipinski definition) is 1. The third-order valence-electron chi connectivity index (χ3n) is 3.48. The molecule has 1 aromatic heterocycles. The number of piperazine rings is 1. The minimum absolute atomic E-state index is 0.0325. The molecule has 1 fully saturated rings. The third kappa shape index (κ3) is 3.70. The van der Waals surface area contributed by atoms with E-state index in [1.807, 2.05) is 0 Å². The van der Waals surface area contributed by atoms with Gasteiger partial charge in [-0.05, 0) is 12.1 Å². The minimum atomic E-state index is -1.25. The van der Waals surface area contributed by atoms with Crippen molar-refractivity contribution >= 4 is 5.82 Å². The van der Waals surface area contributed by atoms with Crippen LogP contribution in [-0.2, 0) is 6.61 Å². The molecule has 0 aliphatic carbocycles. The Morgan fingerprint density at radius 3 is 2.74 bits per heavy atom. The molecule has 1 aliphatic heterocycles. The third-order valence-corrected chi connectivity index (χ3v) is 3.48. The summed E-state index contributed by atoms with van der Waals surface area (Å²) in [5, 5.41) is 3.23. The van der Waals surface area contributed by atoms with E-state index >= 15 is 0 Å². The topological polar surface area (TPSA) is 50.3 Å². The van der Waals surface area contributed by atoms with Gasteiger partial charge in [-0.1, -0.05) is 0 Å². The lowest BCUT2D eigenvalue weighted by Gasteiger charge is -2.28. The van der Waals surface area contributed by atoms with Gasteiger partial charge in [0.25, 0.3) is 0 Å². The molecule has 5 nitrogen and oxygen atoms in total. The summed E-state index contributed by atoms with van der Waals surface area (Å²) in [4.78, 5) is 10.2. The highest BCUT2D eigenvalue weighted by molar-refractivity contribution is 5.38. The monoisotopic (exact) mass is 324 g/mol. The second-order valence-corrected chi connectivity index (χ2v) is 5.08. The Balaban J connectivity index is 1.71. The fraction of sp³-hybridized carbons (Fsp3) is 0.333. The number of nitrogens with one attached hydrogen (secondary N) is 1. The average Bonchev–Trinajstić information content (AvgIpc) is 2.58. The molecule has 1 N–H and O–H groups in total. The highest BCUT2D eigenvalue weighted by Gasteiger charge is 2.14. The Labute approximate surface area is 131 Å². The van der Waals surface area contributed by atoms with E-state index in [-0.39, 0.29) is 18.2 Å². The zero-order valence-electron chi connectivity index (χ0n) is 12.2. The molecule has 122 valence electrons. The lowest BCUT2D eigenvalue weighted by atomic mass is 10.2. The fourth-order valence-electron chi connectivity index (χ4n) is 2.33. The van der Waals surface area contributed by atoms with E-state index < -0.39 is 17.5 Å². The van der Waals surface area contributed by atoms with Crippen LogP contribution in [0, 0.1) is 17.5 Å². The minimum Gasteiger partial charge on any atom is -0.458 e. The average molecular weight is 324 g/mol. The Bertz CT molecular complexity index is 692. The molecule has 2 aromatic rings. The van der Waals surface area contributed by atoms with Crippen molar-refractivity contribution in [3.63, 3.8) is 0 Å².